The number of ether oxygens (including phenoxy) is 2. The molecule has 1 unspecified atom stereocenters. The fourth-order valence-electron chi connectivity index (χ4n) is 3.80. The van der Waals surface area contributed by atoms with Crippen molar-refractivity contribution in [1.82, 2.24) is 0 Å². The summed E-state index contributed by atoms with van der Waals surface area (Å²) in [5.74, 6) is -1.61. The van der Waals surface area contributed by atoms with Gasteiger partial charge in [0.05, 0.1) is 29.3 Å². The van der Waals surface area contributed by atoms with Gasteiger partial charge in [0.15, 0.2) is 6.61 Å². The lowest BCUT2D eigenvalue weighted by atomic mass is 10.2. The average Bonchev–Trinajstić information content (AvgIpc) is 3.17. The first-order valence-electron chi connectivity index (χ1n) is 11.5. The third-order valence-corrected chi connectivity index (χ3v) is 7.28. The SMILES string of the molecule is COc1cc(Cl)c(C)cc1NC(=O)COC(=O)c1ccc(N2C(=O)CC(Sc3cccc(N)c3)C2=O)cc1. The van der Waals surface area contributed by atoms with E-state index in [2.05, 4.69) is 5.32 Å². The Kier molecular flexibility index (Phi) is 8.23. The molecule has 0 aromatic heterocycles. The first-order chi connectivity index (χ1) is 18.2. The van der Waals surface area contributed by atoms with Crippen LogP contribution in [0.4, 0.5) is 17.1 Å². The summed E-state index contributed by atoms with van der Waals surface area (Å²) < 4.78 is 10.3. The average molecular weight is 554 g/mol. The summed E-state index contributed by atoms with van der Waals surface area (Å²) in [6.45, 7) is 1.25. The quantitative estimate of drug-likeness (QED) is 0.238. The van der Waals surface area contributed by atoms with Crippen LogP contribution in [0.25, 0.3) is 0 Å². The third kappa shape index (κ3) is 6.09. The summed E-state index contributed by atoms with van der Waals surface area (Å²) in [7, 11) is 1.45. The summed E-state index contributed by atoms with van der Waals surface area (Å²) in [4.78, 5) is 52.2. The predicted octanol–water partition coefficient (Wildman–Crippen LogP) is 4.46. The van der Waals surface area contributed by atoms with Crippen molar-refractivity contribution in [3.63, 3.8) is 0 Å². The van der Waals surface area contributed by atoms with E-state index in [-0.39, 0.29) is 23.8 Å². The van der Waals surface area contributed by atoms with E-state index < -0.39 is 23.7 Å². The predicted molar refractivity (Wildman–Crippen MR) is 146 cm³/mol. The van der Waals surface area contributed by atoms with E-state index >= 15 is 0 Å². The second-order valence-corrected chi connectivity index (χ2v) is 10.1. The molecule has 3 aromatic carbocycles. The van der Waals surface area contributed by atoms with E-state index in [1.165, 1.54) is 43.1 Å². The largest absolute Gasteiger partial charge is 0.495 e. The van der Waals surface area contributed by atoms with Gasteiger partial charge in [-0.1, -0.05) is 17.7 Å². The second kappa shape index (κ2) is 11.6. The Balaban J connectivity index is 1.35. The molecule has 9 nitrogen and oxygen atoms in total. The molecule has 0 bridgehead atoms. The van der Waals surface area contributed by atoms with Crippen molar-refractivity contribution in [2.75, 3.05) is 29.7 Å². The highest BCUT2D eigenvalue weighted by Crippen LogP contribution is 2.35. The summed E-state index contributed by atoms with van der Waals surface area (Å²) >= 11 is 7.36. The Morgan fingerprint density at radius 3 is 2.55 bits per heavy atom. The smallest absolute Gasteiger partial charge is 0.338 e. The number of anilines is 3. The first-order valence-corrected chi connectivity index (χ1v) is 12.7. The number of benzene rings is 3. The molecule has 3 aromatic rings. The highest BCUT2D eigenvalue weighted by Gasteiger charge is 2.40. The maximum absolute atomic E-state index is 12.9. The number of nitrogens with two attached hydrogens (primary N) is 1. The lowest BCUT2D eigenvalue weighted by molar-refractivity contribution is -0.121. The van der Waals surface area contributed by atoms with Crippen molar-refractivity contribution < 1.29 is 28.7 Å². The molecule has 1 aliphatic heterocycles. The fraction of sp³-hybridized carbons (Fsp3) is 0.185. The highest BCUT2D eigenvalue weighted by molar-refractivity contribution is 8.00. The monoisotopic (exact) mass is 553 g/mol. The van der Waals surface area contributed by atoms with E-state index in [1.54, 1.807) is 37.3 Å². The van der Waals surface area contributed by atoms with Crippen molar-refractivity contribution in [2.24, 2.45) is 0 Å². The Hall–Kier alpha value is -4.02. The number of imide groups is 1. The number of carbonyl (C=O) groups is 4. The zero-order chi connectivity index (χ0) is 27.4. The summed E-state index contributed by atoms with van der Waals surface area (Å²) in [5, 5.41) is 2.54. The maximum atomic E-state index is 12.9. The maximum Gasteiger partial charge on any atom is 0.338 e. The number of nitrogens with zero attached hydrogens (tertiary/aromatic N) is 1. The zero-order valence-corrected chi connectivity index (χ0v) is 22.1. The van der Waals surface area contributed by atoms with Gasteiger partial charge in [-0.2, -0.15) is 0 Å². The van der Waals surface area contributed by atoms with Crippen molar-refractivity contribution in [1.29, 1.82) is 0 Å². The molecule has 11 heteroatoms. The molecule has 38 heavy (non-hydrogen) atoms. The van der Waals surface area contributed by atoms with Gasteiger partial charge in [0, 0.05) is 28.1 Å². The van der Waals surface area contributed by atoms with E-state index in [4.69, 9.17) is 26.8 Å². The lowest BCUT2D eigenvalue weighted by Gasteiger charge is -2.15. The number of nitrogens with one attached hydrogen (secondary N) is 1. The minimum Gasteiger partial charge on any atom is -0.495 e. The Bertz CT molecular complexity index is 1410. The first kappa shape index (κ1) is 27.0. The summed E-state index contributed by atoms with van der Waals surface area (Å²) in [5.41, 5.74) is 8.01. The van der Waals surface area contributed by atoms with Gasteiger partial charge >= 0.3 is 5.97 Å². The standard InChI is InChI=1S/C27H24ClN3O6S/c1-15-10-21(22(36-2)12-20(15)28)30-24(32)14-37-27(35)16-6-8-18(9-7-16)31-25(33)13-23(26(31)34)38-19-5-3-4-17(29)11-19/h3-12,23H,13-14,29H2,1-2H3,(H,30,32). The molecular formula is C27H24ClN3O6S. The van der Waals surface area contributed by atoms with Crippen LogP contribution in [0.15, 0.2) is 65.6 Å². The number of halogens is 1. The topological polar surface area (TPSA) is 128 Å². The van der Waals surface area contributed by atoms with Gasteiger partial charge in [-0.3, -0.25) is 14.4 Å². The van der Waals surface area contributed by atoms with Crippen LogP contribution >= 0.6 is 23.4 Å². The molecule has 3 N–H and O–H groups in total. The molecule has 3 amide bonds. The summed E-state index contributed by atoms with van der Waals surface area (Å²) in [6.07, 6.45) is 0.0507. The van der Waals surface area contributed by atoms with E-state index in [9.17, 15) is 19.2 Å². The van der Waals surface area contributed by atoms with Gasteiger partial charge in [0.1, 0.15) is 5.75 Å². The number of thioether (sulfide) groups is 1. The van der Waals surface area contributed by atoms with Crippen LogP contribution in [0.5, 0.6) is 5.75 Å². The van der Waals surface area contributed by atoms with Crippen molar-refractivity contribution in [3.8, 4) is 5.75 Å². The highest BCUT2D eigenvalue weighted by atomic mass is 35.5. The lowest BCUT2D eigenvalue weighted by Crippen LogP contribution is -2.31. The molecule has 0 radical (unpaired) electrons. The van der Waals surface area contributed by atoms with Gasteiger partial charge in [-0.15, -0.1) is 11.8 Å². The van der Waals surface area contributed by atoms with Crippen LogP contribution in [-0.4, -0.2) is 42.7 Å². The number of hydrogen-bond donors (Lipinski definition) is 2. The molecule has 4 rings (SSSR count). The number of esters is 1. The Morgan fingerprint density at radius 1 is 1.13 bits per heavy atom. The molecule has 0 saturated carbocycles. The van der Waals surface area contributed by atoms with Gasteiger partial charge in [-0.05, 0) is 61.0 Å². The number of carbonyl (C=O) groups excluding carboxylic acids is 4. The molecule has 0 spiro atoms. The van der Waals surface area contributed by atoms with E-state index in [0.717, 1.165) is 15.4 Å². The molecule has 1 aliphatic rings. The van der Waals surface area contributed by atoms with Crippen LogP contribution in [0.2, 0.25) is 5.02 Å². The van der Waals surface area contributed by atoms with Crippen molar-refractivity contribution in [2.45, 2.75) is 23.5 Å². The molecular weight excluding hydrogens is 530 g/mol. The third-order valence-electron chi connectivity index (χ3n) is 5.69. The summed E-state index contributed by atoms with van der Waals surface area (Å²) in [6, 6.07) is 16.2. The molecule has 196 valence electrons. The van der Waals surface area contributed by atoms with Gasteiger partial charge in [0.25, 0.3) is 5.91 Å². The van der Waals surface area contributed by atoms with Crippen LogP contribution in [0.3, 0.4) is 0 Å². The van der Waals surface area contributed by atoms with Gasteiger partial charge in [0.2, 0.25) is 11.8 Å². The fourth-order valence-corrected chi connectivity index (χ4v) is 5.07. The number of rotatable bonds is 8. The molecule has 1 heterocycles. The van der Waals surface area contributed by atoms with Crippen molar-refractivity contribution in [3.05, 3.63) is 76.8 Å². The van der Waals surface area contributed by atoms with Crippen molar-refractivity contribution >= 4 is 64.1 Å². The molecule has 1 atom stereocenters. The molecule has 1 saturated heterocycles. The van der Waals surface area contributed by atoms with Gasteiger partial charge in [-0.25, -0.2) is 9.69 Å². The molecule has 0 aliphatic carbocycles. The van der Waals surface area contributed by atoms with Crippen LogP contribution in [0.1, 0.15) is 22.3 Å². The number of hydrogen-bond acceptors (Lipinski definition) is 8. The van der Waals surface area contributed by atoms with E-state index in [0.29, 0.717) is 27.8 Å². The Morgan fingerprint density at radius 2 is 1.87 bits per heavy atom. The minimum absolute atomic E-state index is 0.0507. The number of aryl methyl sites for hydroxylation is 1. The van der Waals surface area contributed by atoms with Crippen LogP contribution in [-0.2, 0) is 19.1 Å². The minimum atomic E-state index is -0.736. The number of nitrogen functional groups attached to an aromatic ring is 1. The second-order valence-electron chi connectivity index (χ2n) is 8.42. The number of amides is 3. The molecule has 1 fully saturated rings. The zero-order valence-electron chi connectivity index (χ0n) is 20.5. The van der Waals surface area contributed by atoms with Gasteiger partial charge < -0.3 is 20.5 Å². The van der Waals surface area contributed by atoms with Crippen LogP contribution in [0, 0.1) is 6.92 Å². The normalized spacial score (nSPS) is 14.9. The van der Waals surface area contributed by atoms with E-state index in [1.807, 2.05) is 6.07 Å². The number of methoxy groups -OCH3 is 1. The van der Waals surface area contributed by atoms with Crippen LogP contribution < -0.4 is 20.7 Å². The Labute approximate surface area is 228 Å².